The second kappa shape index (κ2) is 7.18. The molecule has 0 bridgehead atoms. The maximum absolute atomic E-state index is 13.2. The van der Waals surface area contributed by atoms with Crippen LogP contribution in [0, 0.1) is 0 Å². The molecule has 4 aromatic heterocycles. The number of nitrogen functional groups attached to an aromatic ring is 1. The average molecular weight is 449 g/mol. The van der Waals surface area contributed by atoms with Crippen LogP contribution >= 0.6 is 11.3 Å². The lowest BCUT2D eigenvalue weighted by Crippen LogP contribution is -2.36. The highest BCUT2D eigenvalue weighted by molar-refractivity contribution is 7.18. The van der Waals surface area contributed by atoms with Gasteiger partial charge in [0.2, 0.25) is 5.82 Å². The number of aromatic nitrogens is 7. The number of thiophene rings is 1. The van der Waals surface area contributed by atoms with Gasteiger partial charge in [-0.25, -0.2) is 4.68 Å². The first kappa shape index (κ1) is 19.7. The fraction of sp³-hybridized carbons (Fsp3) is 0.389. The van der Waals surface area contributed by atoms with Gasteiger partial charge in [0, 0.05) is 18.0 Å². The van der Waals surface area contributed by atoms with Crippen molar-refractivity contribution in [1.82, 2.24) is 34.5 Å². The summed E-state index contributed by atoms with van der Waals surface area (Å²) < 4.78 is 42.2. The van der Waals surface area contributed by atoms with Gasteiger partial charge in [-0.2, -0.15) is 28.2 Å². The van der Waals surface area contributed by atoms with Gasteiger partial charge in [-0.1, -0.05) is 13.3 Å². The quantitative estimate of drug-likeness (QED) is 0.511. The molecule has 0 saturated carbocycles. The van der Waals surface area contributed by atoms with Gasteiger partial charge in [0.05, 0.1) is 30.0 Å². The van der Waals surface area contributed by atoms with E-state index in [0.717, 1.165) is 27.6 Å². The van der Waals surface area contributed by atoms with E-state index in [1.807, 2.05) is 4.90 Å². The third kappa shape index (κ3) is 3.48. The Hall–Kier alpha value is -3.22. The summed E-state index contributed by atoms with van der Waals surface area (Å²) in [5, 5.41) is 12.2. The predicted molar refractivity (Wildman–Crippen MR) is 109 cm³/mol. The summed E-state index contributed by atoms with van der Waals surface area (Å²) in [6.45, 7) is 2.71. The molecule has 0 saturated heterocycles. The summed E-state index contributed by atoms with van der Waals surface area (Å²) in [6.07, 6.45) is 0.490. The van der Waals surface area contributed by atoms with Crippen LogP contribution in [0.25, 0.3) is 16.2 Å². The van der Waals surface area contributed by atoms with Crippen LogP contribution in [0.5, 0.6) is 0 Å². The molecule has 162 valence electrons. The topological polar surface area (TPSA) is 104 Å². The molecule has 0 aliphatic carbocycles. The van der Waals surface area contributed by atoms with Crippen LogP contribution in [-0.2, 0) is 25.7 Å². The number of rotatable bonds is 4. The van der Waals surface area contributed by atoms with E-state index in [0.29, 0.717) is 24.0 Å². The Kier molecular flexibility index (Phi) is 4.57. The molecular weight excluding hydrogens is 431 g/mol. The third-order valence-electron chi connectivity index (χ3n) is 5.02. The van der Waals surface area contributed by atoms with E-state index in [-0.39, 0.29) is 18.9 Å². The molecule has 0 fully saturated rings. The van der Waals surface area contributed by atoms with Crippen molar-refractivity contribution in [2.75, 3.05) is 17.2 Å². The lowest BCUT2D eigenvalue weighted by atomic mass is 10.2. The Bertz CT molecular complexity index is 1260. The molecule has 13 heteroatoms. The van der Waals surface area contributed by atoms with Crippen LogP contribution in [0.4, 0.5) is 24.7 Å². The summed E-state index contributed by atoms with van der Waals surface area (Å²) in [5.41, 5.74) is 6.27. The van der Waals surface area contributed by atoms with E-state index in [4.69, 9.17) is 10.7 Å². The number of hydrogen-bond donors (Lipinski definition) is 1. The highest BCUT2D eigenvalue weighted by Gasteiger charge is 2.39. The number of hydrogen-bond acceptors (Lipinski definition) is 8. The summed E-state index contributed by atoms with van der Waals surface area (Å²) in [7, 11) is 0. The Morgan fingerprint density at radius 1 is 1.19 bits per heavy atom. The van der Waals surface area contributed by atoms with Gasteiger partial charge in [-0.15, -0.1) is 21.5 Å². The molecule has 2 N–H and O–H groups in total. The van der Waals surface area contributed by atoms with Crippen molar-refractivity contribution in [2.45, 2.75) is 39.0 Å². The molecule has 31 heavy (non-hydrogen) atoms. The highest BCUT2D eigenvalue weighted by Crippen LogP contribution is 2.35. The monoisotopic (exact) mass is 449 g/mol. The summed E-state index contributed by atoms with van der Waals surface area (Å²) in [4.78, 5) is 13.2. The number of aryl methyl sites for hydroxylation is 1. The van der Waals surface area contributed by atoms with Gasteiger partial charge >= 0.3 is 6.18 Å². The largest absolute Gasteiger partial charge is 0.451 e. The molecule has 1 aliphatic heterocycles. The van der Waals surface area contributed by atoms with Crippen molar-refractivity contribution in [1.29, 1.82) is 0 Å². The van der Waals surface area contributed by atoms with Gasteiger partial charge in [0.1, 0.15) is 10.6 Å². The van der Waals surface area contributed by atoms with Crippen molar-refractivity contribution in [3.63, 3.8) is 0 Å². The van der Waals surface area contributed by atoms with Crippen LogP contribution < -0.4 is 10.6 Å². The van der Waals surface area contributed by atoms with Crippen molar-refractivity contribution in [3.05, 3.63) is 35.0 Å². The summed E-state index contributed by atoms with van der Waals surface area (Å²) in [5.74, 6) is 0.269. The zero-order chi connectivity index (χ0) is 21.8. The van der Waals surface area contributed by atoms with Crippen LogP contribution in [0.2, 0.25) is 0 Å². The Balaban J connectivity index is 1.59. The number of halogens is 3. The molecule has 0 unspecified atom stereocenters. The number of nitrogens with zero attached hydrogens (tertiary/aromatic N) is 8. The molecular formula is C18H18F3N9S. The summed E-state index contributed by atoms with van der Waals surface area (Å²) >= 11 is 1.58. The van der Waals surface area contributed by atoms with Gasteiger partial charge in [-0.05, 0) is 12.5 Å². The zero-order valence-corrected chi connectivity index (χ0v) is 17.3. The number of alkyl halides is 3. The third-order valence-corrected chi connectivity index (χ3v) is 6.11. The number of fused-ring (bicyclic) bond motifs is 2. The minimum Gasteiger partial charge on any atom is -0.396 e. The fourth-order valence-electron chi connectivity index (χ4n) is 3.65. The first-order chi connectivity index (χ1) is 14.8. The standard InChI is InChI=1S/C18H18F3N9S/c1-2-3-11-6-12-14(24-17(25-15(12)31-11)30-8-10(22)7-23-30)28-4-5-29-13(9-28)26-27-16(29)18(19,20)21/h6-8H,2-5,9,22H2,1H3. The molecule has 0 atom stereocenters. The van der Waals surface area contributed by atoms with E-state index in [2.05, 4.69) is 33.3 Å². The van der Waals surface area contributed by atoms with Crippen LogP contribution in [0.3, 0.4) is 0 Å². The van der Waals surface area contributed by atoms with E-state index < -0.39 is 12.0 Å². The molecule has 4 aromatic rings. The SMILES string of the molecule is CCCc1cc2c(N3CCn4c(nnc4C(F)(F)F)C3)nc(-n3cc(N)cn3)nc2s1. The number of nitrogens with two attached hydrogens (primary N) is 1. The molecule has 0 amide bonds. The van der Waals surface area contributed by atoms with E-state index in [9.17, 15) is 13.2 Å². The Morgan fingerprint density at radius 2 is 2.03 bits per heavy atom. The maximum Gasteiger partial charge on any atom is 0.451 e. The first-order valence-corrected chi connectivity index (χ1v) is 10.5. The molecule has 9 nitrogen and oxygen atoms in total. The minimum atomic E-state index is -4.54. The predicted octanol–water partition coefficient (Wildman–Crippen LogP) is 3.04. The van der Waals surface area contributed by atoms with Crippen LogP contribution in [-0.4, -0.2) is 41.1 Å². The first-order valence-electron chi connectivity index (χ1n) is 9.68. The molecule has 0 radical (unpaired) electrons. The van der Waals surface area contributed by atoms with E-state index in [1.54, 1.807) is 17.5 Å². The molecule has 5 heterocycles. The maximum atomic E-state index is 13.2. The zero-order valence-electron chi connectivity index (χ0n) is 16.5. The molecule has 1 aliphatic rings. The van der Waals surface area contributed by atoms with Crippen molar-refractivity contribution >= 4 is 33.1 Å². The summed E-state index contributed by atoms with van der Waals surface area (Å²) in [6, 6.07) is 2.06. The fourth-order valence-corrected chi connectivity index (χ4v) is 4.77. The molecule has 5 rings (SSSR count). The van der Waals surface area contributed by atoms with Gasteiger partial charge in [0.15, 0.2) is 5.82 Å². The van der Waals surface area contributed by atoms with Crippen molar-refractivity contribution < 1.29 is 13.2 Å². The second-order valence-electron chi connectivity index (χ2n) is 7.26. The van der Waals surface area contributed by atoms with E-state index in [1.165, 1.54) is 15.8 Å². The van der Waals surface area contributed by atoms with Gasteiger partial charge in [0.25, 0.3) is 5.95 Å². The normalized spacial score (nSPS) is 14.4. The highest BCUT2D eigenvalue weighted by atomic mass is 32.1. The van der Waals surface area contributed by atoms with Crippen LogP contribution in [0.15, 0.2) is 18.5 Å². The van der Waals surface area contributed by atoms with Crippen molar-refractivity contribution in [3.8, 4) is 5.95 Å². The Morgan fingerprint density at radius 3 is 2.74 bits per heavy atom. The van der Waals surface area contributed by atoms with Crippen LogP contribution in [0.1, 0.15) is 29.9 Å². The minimum absolute atomic E-state index is 0.110. The van der Waals surface area contributed by atoms with E-state index >= 15 is 0 Å². The molecule has 0 aromatic carbocycles. The van der Waals surface area contributed by atoms with Gasteiger partial charge in [-0.3, -0.25) is 0 Å². The average Bonchev–Trinajstić information content (AvgIpc) is 3.43. The smallest absolute Gasteiger partial charge is 0.396 e. The lowest BCUT2D eigenvalue weighted by molar-refractivity contribution is -0.147. The number of anilines is 2. The van der Waals surface area contributed by atoms with Gasteiger partial charge < -0.3 is 15.2 Å². The Labute approximate surface area is 178 Å². The second-order valence-corrected chi connectivity index (χ2v) is 8.37. The molecule has 0 spiro atoms. The van der Waals surface area contributed by atoms with Crippen molar-refractivity contribution in [2.24, 2.45) is 0 Å². The lowest BCUT2D eigenvalue weighted by Gasteiger charge is -2.29.